The van der Waals surface area contributed by atoms with Crippen LogP contribution in [-0.4, -0.2) is 37.5 Å². The van der Waals surface area contributed by atoms with E-state index in [2.05, 4.69) is 16.8 Å². The molecule has 1 heterocycles. The molecule has 0 saturated heterocycles. The molecule has 1 aromatic carbocycles. The van der Waals surface area contributed by atoms with E-state index in [-0.39, 0.29) is 6.04 Å². The number of rotatable bonds is 8. The summed E-state index contributed by atoms with van der Waals surface area (Å²) in [5, 5.41) is 1.96. The first-order valence-electron chi connectivity index (χ1n) is 7.21. The van der Waals surface area contributed by atoms with E-state index in [4.69, 9.17) is 26.8 Å². The maximum absolute atomic E-state index is 6.12. The summed E-state index contributed by atoms with van der Waals surface area (Å²) in [5.41, 5.74) is 8.33. The minimum atomic E-state index is 0.137. The van der Waals surface area contributed by atoms with Crippen LogP contribution in [0.2, 0.25) is 5.02 Å². The summed E-state index contributed by atoms with van der Waals surface area (Å²) in [5.74, 6) is 0. The molecule has 0 amide bonds. The van der Waals surface area contributed by atoms with E-state index in [0.717, 1.165) is 23.5 Å². The van der Waals surface area contributed by atoms with Gasteiger partial charge in [0.25, 0.3) is 0 Å². The van der Waals surface area contributed by atoms with Crippen molar-refractivity contribution in [2.75, 3.05) is 26.9 Å². The number of methoxy groups -OCH3 is 1. The lowest BCUT2D eigenvalue weighted by Gasteiger charge is -2.06. The van der Waals surface area contributed by atoms with Gasteiger partial charge in [0.1, 0.15) is 0 Å². The van der Waals surface area contributed by atoms with Crippen LogP contribution in [0.15, 0.2) is 24.4 Å². The zero-order valence-corrected chi connectivity index (χ0v) is 13.4. The molecule has 21 heavy (non-hydrogen) atoms. The molecule has 1 aromatic heterocycles. The average Bonchev–Trinajstić information content (AvgIpc) is 2.75. The van der Waals surface area contributed by atoms with Gasteiger partial charge in [0.15, 0.2) is 0 Å². The van der Waals surface area contributed by atoms with Crippen LogP contribution >= 0.6 is 11.6 Å². The van der Waals surface area contributed by atoms with Crippen LogP contribution in [0.25, 0.3) is 10.9 Å². The van der Waals surface area contributed by atoms with Crippen LogP contribution in [0.1, 0.15) is 12.5 Å². The molecule has 116 valence electrons. The maximum atomic E-state index is 6.12. The summed E-state index contributed by atoms with van der Waals surface area (Å²) in [7, 11) is 1.67. The second kappa shape index (κ2) is 7.80. The third kappa shape index (κ3) is 4.45. The van der Waals surface area contributed by atoms with Gasteiger partial charge in [-0.3, -0.25) is 0 Å². The summed E-state index contributed by atoms with van der Waals surface area (Å²) >= 11 is 6.12. The zero-order valence-electron chi connectivity index (χ0n) is 12.6. The Labute approximate surface area is 130 Å². The molecule has 0 aliphatic rings. The molecule has 5 heteroatoms. The smallest absolute Gasteiger partial charge is 0.0701 e. The van der Waals surface area contributed by atoms with Crippen LogP contribution in [0.5, 0.6) is 0 Å². The van der Waals surface area contributed by atoms with E-state index in [1.807, 2.05) is 19.1 Å². The Morgan fingerprint density at radius 1 is 1.29 bits per heavy atom. The monoisotopic (exact) mass is 310 g/mol. The van der Waals surface area contributed by atoms with E-state index in [9.17, 15) is 0 Å². The normalized spacial score (nSPS) is 13.0. The Balaban J connectivity index is 2.15. The van der Waals surface area contributed by atoms with Crippen molar-refractivity contribution >= 4 is 22.5 Å². The highest BCUT2D eigenvalue weighted by molar-refractivity contribution is 6.31. The molecular formula is C16H23ClN2O2. The van der Waals surface area contributed by atoms with Gasteiger partial charge in [-0.15, -0.1) is 0 Å². The van der Waals surface area contributed by atoms with Crippen LogP contribution in [0, 0.1) is 0 Å². The lowest BCUT2D eigenvalue weighted by Crippen LogP contribution is -2.17. The van der Waals surface area contributed by atoms with Crippen molar-refractivity contribution < 1.29 is 9.47 Å². The van der Waals surface area contributed by atoms with Crippen molar-refractivity contribution in [1.82, 2.24) is 4.57 Å². The van der Waals surface area contributed by atoms with Crippen molar-refractivity contribution in [3.63, 3.8) is 0 Å². The second-order valence-electron chi connectivity index (χ2n) is 5.30. The van der Waals surface area contributed by atoms with Gasteiger partial charge in [-0.1, -0.05) is 17.7 Å². The van der Waals surface area contributed by atoms with E-state index in [1.165, 1.54) is 10.9 Å². The summed E-state index contributed by atoms with van der Waals surface area (Å²) in [6.45, 7) is 4.70. The molecular weight excluding hydrogens is 288 g/mol. The highest BCUT2D eigenvalue weighted by Crippen LogP contribution is 2.25. The second-order valence-corrected chi connectivity index (χ2v) is 5.73. The van der Waals surface area contributed by atoms with Crippen molar-refractivity contribution in [1.29, 1.82) is 0 Å². The molecule has 2 N–H and O–H groups in total. The Kier molecular flexibility index (Phi) is 6.06. The van der Waals surface area contributed by atoms with E-state index < -0.39 is 0 Å². The van der Waals surface area contributed by atoms with Crippen molar-refractivity contribution in [3.8, 4) is 0 Å². The van der Waals surface area contributed by atoms with Crippen LogP contribution in [0.3, 0.4) is 0 Å². The summed E-state index contributed by atoms with van der Waals surface area (Å²) in [6, 6.07) is 6.13. The molecule has 2 aromatic rings. The van der Waals surface area contributed by atoms with Crippen molar-refractivity contribution in [2.24, 2.45) is 5.73 Å². The topological polar surface area (TPSA) is 49.4 Å². The zero-order chi connectivity index (χ0) is 15.2. The molecule has 0 saturated carbocycles. The van der Waals surface area contributed by atoms with E-state index in [0.29, 0.717) is 19.8 Å². The highest BCUT2D eigenvalue weighted by atomic mass is 35.5. The number of nitrogens with two attached hydrogens (primary N) is 1. The standard InChI is InChI=1S/C16H23ClN2O2/c1-12(18)9-13-11-19(5-6-21-8-7-20-2)16-10-14(17)3-4-15(13)16/h3-4,10-12H,5-9,18H2,1-2H3. The number of hydrogen-bond donors (Lipinski definition) is 1. The maximum Gasteiger partial charge on any atom is 0.0701 e. The molecule has 0 aliphatic carbocycles. The van der Waals surface area contributed by atoms with Gasteiger partial charge >= 0.3 is 0 Å². The van der Waals surface area contributed by atoms with Gasteiger partial charge in [-0.2, -0.15) is 0 Å². The number of hydrogen-bond acceptors (Lipinski definition) is 3. The van der Waals surface area contributed by atoms with Gasteiger partial charge < -0.3 is 19.8 Å². The lowest BCUT2D eigenvalue weighted by atomic mass is 10.1. The Hall–Kier alpha value is -1.07. The molecule has 1 unspecified atom stereocenters. The summed E-state index contributed by atoms with van der Waals surface area (Å²) in [4.78, 5) is 0. The fourth-order valence-corrected chi connectivity index (χ4v) is 2.61. The van der Waals surface area contributed by atoms with Gasteiger partial charge in [-0.05, 0) is 31.0 Å². The third-order valence-corrected chi connectivity index (χ3v) is 3.61. The number of benzene rings is 1. The van der Waals surface area contributed by atoms with Gasteiger partial charge in [-0.25, -0.2) is 0 Å². The number of nitrogens with zero attached hydrogens (tertiary/aromatic N) is 1. The SMILES string of the molecule is COCCOCCn1cc(CC(C)N)c2ccc(Cl)cc21. The number of aromatic nitrogens is 1. The molecule has 0 aliphatic heterocycles. The fraction of sp³-hybridized carbons (Fsp3) is 0.500. The fourth-order valence-electron chi connectivity index (χ4n) is 2.44. The van der Waals surface area contributed by atoms with Crippen molar-refractivity contribution in [2.45, 2.75) is 25.9 Å². The van der Waals surface area contributed by atoms with Crippen molar-refractivity contribution in [3.05, 3.63) is 35.0 Å². The lowest BCUT2D eigenvalue weighted by molar-refractivity contribution is 0.0670. The van der Waals surface area contributed by atoms with Crippen LogP contribution < -0.4 is 5.73 Å². The van der Waals surface area contributed by atoms with Gasteiger partial charge in [0.2, 0.25) is 0 Å². The Morgan fingerprint density at radius 3 is 2.81 bits per heavy atom. The molecule has 0 bridgehead atoms. The van der Waals surface area contributed by atoms with E-state index in [1.54, 1.807) is 7.11 Å². The predicted molar refractivity (Wildman–Crippen MR) is 87.0 cm³/mol. The first-order valence-corrected chi connectivity index (χ1v) is 7.59. The summed E-state index contributed by atoms with van der Waals surface area (Å²) < 4.78 is 12.7. The number of ether oxygens (including phenoxy) is 2. The summed E-state index contributed by atoms with van der Waals surface area (Å²) in [6.07, 6.45) is 3.01. The van der Waals surface area contributed by atoms with Crippen LogP contribution in [-0.2, 0) is 22.4 Å². The molecule has 4 nitrogen and oxygen atoms in total. The first kappa shape index (κ1) is 16.3. The van der Waals surface area contributed by atoms with Gasteiger partial charge in [0, 0.05) is 41.8 Å². The van der Waals surface area contributed by atoms with E-state index >= 15 is 0 Å². The Bertz CT molecular complexity index is 581. The molecule has 0 fully saturated rings. The third-order valence-electron chi connectivity index (χ3n) is 3.38. The molecule has 0 spiro atoms. The quantitative estimate of drug-likeness (QED) is 0.763. The number of fused-ring (bicyclic) bond motifs is 1. The molecule has 2 rings (SSSR count). The highest BCUT2D eigenvalue weighted by Gasteiger charge is 2.10. The number of halogens is 1. The van der Waals surface area contributed by atoms with Gasteiger partial charge in [0.05, 0.1) is 19.8 Å². The van der Waals surface area contributed by atoms with Crippen LogP contribution in [0.4, 0.5) is 0 Å². The first-order chi connectivity index (χ1) is 10.1. The average molecular weight is 311 g/mol. The minimum Gasteiger partial charge on any atom is -0.382 e. The minimum absolute atomic E-state index is 0.137. The predicted octanol–water partition coefficient (Wildman–Crippen LogP) is 2.85. The molecule has 1 atom stereocenters. The largest absolute Gasteiger partial charge is 0.382 e. The Morgan fingerprint density at radius 2 is 2.10 bits per heavy atom. The molecule has 0 radical (unpaired) electrons.